The van der Waals surface area contributed by atoms with E-state index in [1.807, 2.05) is 6.92 Å². The second-order valence-corrected chi connectivity index (χ2v) is 5.14. The molecule has 0 unspecified atom stereocenters. The number of pyridine rings is 1. The van der Waals surface area contributed by atoms with Crippen LogP contribution in [-0.2, 0) is 13.0 Å². The number of H-pyrrole nitrogens is 1. The average molecular weight is 323 g/mol. The van der Waals surface area contributed by atoms with Gasteiger partial charge in [0, 0.05) is 24.7 Å². The summed E-state index contributed by atoms with van der Waals surface area (Å²) in [4.78, 5) is 42.4. The first-order valence-electron chi connectivity index (χ1n) is 6.70. The van der Waals surface area contributed by atoms with E-state index in [-0.39, 0.29) is 35.3 Å². The Morgan fingerprint density at radius 2 is 2.14 bits per heavy atom. The van der Waals surface area contributed by atoms with Gasteiger partial charge in [-0.1, -0.05) is 18.5 Å². The van der Waals surface area contributed by atoms with Crippen molar-refractivity contribution in [3.63, 3.8) is 0 Å². The Kier molecular flexibility index (Phi) is 4.77. The maximum atomic E-state index is 12.3. The standard InChI is InChI=1S/C14H15ClN4O3/c1-2-5-19-13(21)9(12(16)18-14(19)22)6-10(20)8-3-4-11(15)17-7-8/h3-4,7H,2,5-6,16H2,1H3,(H,18,22). The monoisotopic (exact) mass is 322 g/mol. The van der Waals surface area contributed by atoms with Crippen LogP contribution >= 0.6 is 11.6 Å². The highest BCUT2D eigenvalue weighted by molar-refractivity contribution is 6.29. The second kappa shape index (κ2) is 6.57. The number of aromatic nitrogens is 3. The molecule has 0 amide bonds. The number of carbonyl (C=O) groups excluding carboxylic acids is 1. The van der Waals surface area contributed by atoms with Gasteiger partial charge in [0.05, 0.1) is 5.56 Å². The molecule has 8 heteroatoms. The van der Waals surface area contributed by atoms with E-state index in [0.29, 0.717) is 12.0 Å². The van der Waals surface area contributed by atoms with Crippen LogP contribution in [0.3, 0.4) is 0 Å². The van der Waals surface area contributed by atoms with Crippen LogP contribution in [0.2, 0.25) is 5.15 Å². The maximum Gasteiger partial charge on any atom is 0.329 e. The first-order valence-corrected chi connectivity index (χ1v) is 7.08. The van der Waals surface area contributed by atoms with E-state index in [4.69, 9.17) is 17.3 Å². The van der Waals surface area contributed by atoms with Crippen molar-refractivity contribution in [2.75, 3.05) is 5.73 Å². The molecular weight excluding hydrogens is 308 g/mol. The molecule has 0 aliphatic heterocycles. The lowest BCUT2D eigenvalue weighted by molar-refractivity contribution is 0.0992. The molecule has 116 valence electrons. The van der Waals surface area contributed by atoms with Crippen LogP contribution in [0.15, 0.2) is 27.9 Å². The van der Waals surface area contributed by atoms with Crippen LogP contribution in [0.1, 0.15) is 29.3 Å². The number of hydrogen-bond donors (Lipinski definition) is 2. The molecular formula is C14H15ClN4O3. The lowest BCUT2D eigenvalue weighted by Crippen LogP contribution is -2.38. The third-order valence-electron chi connectivity index (χ3n) is 3.15. The number of rotatable bonds is 5. The SMILES string of the molecule is CCCn1c(=O)[nH]c(N)c(CC(=O)c2ccc(Cl)nc2)c1=O. The molecule has 0 aromatic carbocycles. The predicted octanol–water partition coefficient (Wildman–Crippen LogP) is 1.00. The summed E-state index contributed by atoms with van der Waals surface area (Å²) in [7, 11) is 0. The van der Waals surface area contributed by atoms with Gasteiger partial charge in [-0.25, -0.2) is 9.78 Å². The van der Waals surface area contributed by atoms with E-state index < -0.39 is 11.2 Å². The minimum atomic E-state index is -0.575. The molecule has 0 bridgehead atoms. The van der Waals surface area contributed by atoms with Crippen LogP contribution in [0.4, 0.5) is 5.82 Å². The van der Waals surface area contributed by atoms with Crippen LogP contribution in [0, 0.1) is 0 Å². The van der Waals surface area contributed by atoms with Gasteiger partial charge in [0.15, 0.2) is 5.78 Å². The molecule has 3 N–H and O–H groups in total. The molecule has 0 aliphatic carbocycles. The van der Waals surface area contributed by atoms with Gasteiger partial charge in [0.25, 0.3) is 5.56 Å². The topological polar surface area (TPSA) is 111 Å². The van der Waals surface area contributed by atoms with Crippen molar-refractivity contribution in [2.45, 2.75) is 26.3 Å². The summed E-state index contributed by atoms with van der Waals surface area (Å²) in [5.74, 6) is -0.416. The Hall–Kier alpha value is -2.41. The fourth-order valence-corrected chi connectivity index (χ4v) is 2.14. The number of anilines is 1. The van der Waals surface area contributed by atoms with E-state index in [2.05, 4.69) is 9.97 Å². The lowest BCUT2D eigenvalue weighted by Gasteiger charge is -2.08. The quantitative estimate of drug-likeness (QED) is 0.630. The Labute approximate surface area is 130 Å². The molecule has 22 heavy (non-hydrogen) atoms. The minimum absolute atomic E-state index is 0.0769. The number of aromatic amines is 1. The predicted molar refractivity (Wildman–Crippen MR) is 83.3 cm³/mol. The number of ketones is 1. The van der Waals surface area contributed by atoms with Crippen molar-refractivity contribution < 1.29 is 4.79 Å². The zero-order chi connectivity index (χ0) is 16.3. The average Bonchev–Trinajstić information content (AvgIpc) is 2.48. The molecule has 0 saturated heterocycles. The number of nitrogen functional groups attached to an aromatic ring is 1. The largest absolute Gasteiger partial charge is 0.385 e. The second-order valence-electron chi connectivity index (χ2n) is 4.75. The van der Waals surface area contributed by atoms with Gasteiger partial charge in [0.1, 0.15) is 11.0 Å². The van der Waals surface area contributed by atoms with Gasteiger partial charge in [-0.05, 0) is 18.6 Å². The molecule has 7 nitrogen and oxygen atoms in total. The molecule has 0 saturated carbocycles. The number of halogens is 1. The molecule has 0 spiro atoms. The summed E-state index contributed by atoms with van der Waals surface area (Å²) in [5, 5.41) is 0.269. The summed E-state index contributed by atoms with van der Waals surface area (Å²) < 4.78 is 1.04. The van der Waals surface area contributed by atoms with Gasteiger partial charge in [-0.3, -0.25) is 19.1 Å². The Morgan fingerprint density at radius 3 is 2.73 bits per heavy atom. The van der Waals surface area contributed by atoms with Gasteiger partial charge < -0.3 is 5.73 Å². The van der Waals surface area contributed by atoms with E-state index >= 15 is 0 Å². The molecule has 0 aliphatic rings. The van der Waals surface area contributed by atoms with Crippen LogP contribution in [-0.4, -0.2) is 20.3 Å². The van der Waals surface area contributed by atoms with Gasteiger partial charge in [-0.15, -0.1) is 0 Å². The van der Waals surface area contributed by atoms with E-state index in [1.165, 1.54) is 18.3 Å². The molecule has 2 heterocycles. The summed E-state index contributed by atoms with van der Waals surface area (Å²) >= 11 is 5.66. The number of nitrogens with zero attached hydrogens (tertiary/aromatic N) is 2. The summed E-state index contributed by atoms with van der Waals surface area (Å²) in [5.41, 5.74) is 4.95. The third-order valence-corrected chi connectivity index (χ3v) is 3.37. The van der Waals surface area contributed by atoms with Crippen molar-refractivity contribution in [2.24, 2.45) is 0 Å². The number of Topliss-reactive ketones (excluding diaryl/α,β-unsaturated/α-hetero) is 1. The fourth-order valence-electron chi connectivity index (χ4n) is 2.03. The molecule has 0 atom stereocenters. The van der Waals surface area contributed by atoms with Crippen molar-refractivity contribution in [1.29, 1.82) is 0 Å². The Balaban J connectivity index is 2.39. The Bertz CT molecular complexity index is 808. The smallest absolute Gasteiger partial charge is 0.329 e. The minimum Gasteiger partial charge on any atom is -0.385 e. The molecule has 2 aromatic rings. The normalized spacial score (nSPS) is 10.6. The van der Waals surface area contributed by atoms with Crippen LogP contribution in [0.5, 0.6) is 0 Å². The number of carbonyl (C=O) groups is 1. The van der Waals surface area contributed by atoms with Crippen molar-refractivity contribution in [3.05, 3.63) is 55.4 Å². The number of nitrogens with two attached hydrogens (primary N) is 1. The number of nitrogens with one attached hydrogen (secondary N) is 1. The van der Waals surface area contributed by atoms with Gasteiger partial charge >= 0.3 is 5.69 Å². The summed E-state index contributed by atoms with van der Waals surface area (Å²) in [6.45, 7) is 2.10. The van der Waals surface area contributed by atoms with Gasteiger partial charge in [-0.2, -0.15) is 0 Å². The van der Waals surface area contributed by atoms with Gasteiger partial charge in [0.2, 0.25) is 0 Å². The maximum absolute atomic E-state index is 12.3. The van der Waals surface area contributed by atoms with Crippen molar-refractivity contribution >= 4 is 23.2 Å². The lowest BCUT2D eigenvalue weighted by atomic mass is 10.1. The zero-order valence-corrected chi connectivity index (χ0v) is 12.7. The first kappa shape index (κ1) is 16.0. The third kappa shape index (κ3) is 3.25. The van der Waals surface area contributed by atoms with Crippen molar-refractivity contribution in [1.82, 2.24) is 14.5 Å². The highest BCUT2D eigenvalue weighted by atomic mass is 35.5. The summed E-state index contributed by atoms with van der Waals surface area (Å²) in [6, 6.07) is 3.00. The van der Waals surface area contributed by atoms with E-state index in [0.717, 1.165) is 4.57 Å². The van der Waals surface area contributed by atoms with Crippen LogP contribution < -0.4 is 17.0 Å². The summed E-state index contributed by atoms with van der Waals surface area (Å²) in [6.07, 6.45) is 1.73. The molecule has 0 fully saturated rings. The Morgan fingerprint density at radius 1 is 1.41 bits per heavy atom. The number of hydrogen-bond acceptors (Lipinski definition) is 5. The van der Waals surface area contributed by atoms with E-state index in [1.54, 1.807) is 0 Å². The highest BCUT2D eigenvalue weighted by Crippen LogP contribution is 2.10. The fraction of sp³-hybridized carbons (Fsp3) is 0.286. The first-order chi connectivity index (χ1) is 10.4. The van der Waals surface area contributed by atoms with Crippen LogP contribution in [0.25, 0.3) is 0 Å². The van der Waals surface area contributed by atoms with Crippen molar-refractivity contribution in [3.8, 4) is 0 Å². The molecule has 2 rings (SSSR count). The molecule has 0 radical (unpaired) electrons. The highest BCUT2D eigenvalue weighted by Gasteiger charge is 2.16. The molecule has 2 aromatic heterocycles. The van der Waals surface area contributed by atoms with E-state index in [9.17, 15) is 14.4 Å². The zero-order valence-electron chi connectivity index (χ0n) is 11.9.